The van der Waals surface area contributed by atoms with Crippen LogP contribution in [0.15, 0.2) is 36.9 Å². The number of benzene rings is 1. The van der Waals surface area contributed by atoms with Crippen LogP contribution in [0.1, 0.15) is 38.7 Å². The summed E-state index contributed by atoms with van der Waals surface area (Å²) in [7, 11) is 0. The molecule has 0 aliphatic carbocycles. The van der Waals surface area contributed by atoms with Crippen molar-refractivity contribution in [3.05, 3.63) is 63.5 Å². The summed E-state index contributed by atoms with van der Waals surface area (Å²) in [4.78, 5) is 28.3. The van der Waals surface area contributed by atoms with Gasteiger partial charge in [0.1, 0.15) is 0 Å². The van der Waals surface area contributed by atoms with Crippen molar-refractivity contribution in [3.8, 4) is 0 Å². The number of nitrogens with zero attached hydrogens (tertiary/aromatic N) is 1. The van der Waals surface area contributed by atoms with Crippen molar-refractivity contribution in [2.45, 2.75) is 24.8 Å². The average Bonchev–Trinajstić information content (AvgIpc) is 3.17. The number of nitrogens with one attached hydrogen (secondary N) is 1. The zero-order chi connectivity index (χ0) is 21.5. The zero-order valence-corrected chi connectivity index (χ0v) is 18.2. The highest BCUT2D eigenvalue weighted by Crippen LogP contribution is 2.47. The van der Waals surface area contributed by atoms with E-state index in [2.05, 4.69) is 16.8 Å². The van der Waals surface area contributed by atoms with E-state index in [4.69, 9.17) is 16.3 Å². The molecule has 1 fully saturated rings. The van der Waals surface area contributed by atoms with Crippen molar-refractivity contribution in [2.75, 3.05) is 31.2 Å². The summed E-state index contributed by atoms with van der Waals surface area (Å²) in [6, 6.07) is 7.49. The number of halogens is 1. The van der Waals surface area contributed by atoms with Crippen molar-refractivity contribution in [2.24, 2.45) is 0 Å². The molecular weight excluding hydrogens is 424 g/mol. The van der Waals surface area contributed by atoms with Gasteiger partial charge in [-0.2, -0.15) is 0 Å². The maximum atomic E-state index is 13.0. The fourth-order valence-electron chi connectivity index (χ4n) is 4.29. The summed E-state index contributed by atoms with van der Waals surface area (Å²) in [5, 5.41) is 14.6. The standard InChI is InChI=1S/C22H23ClN2O4S/c1-3-6-22(21(27)28)18(14-4-5-16(23)13(2)11-14)15-12-17(25-7-9-29-10-8-25)30-19(15)20(26)24-22/h3-5,11-12,18H,1,6-10H2,2H3,(H,24,26)(H,27,28). The first-order valence-corrected chi connectivity index (χ1v) is 11.0. The molecule has 8 heteroatoms. The summed E-state index contributed by atoms with van der Waals surface area (Å²) >= 11 is 7.62. The van der Waals surface area contributed by atoms with Crippen LogP contribution in [0.2, 0.25) is 5.02 Å². The van der Waals surface area contributed by atoms with Crippen molar-refractivity contribution in [3.63, 3.8) is 0 Å². The van der Waals surface area contributed by atoms with Gasteiger partial charge in [-0.1, -0.05) is 29.8 Å². The molecule has 0 spiro atoms. The predicted octanol–water partition coefficient (Wildman–Crippen LogP) is 3.82. The summed E-state index contributed by atoms with van der Waals surface area (Å²) < 4.78 is 5.44. The Balaban J connectivity index is 1.91. The van der Waals surface area contributed by atoms with E-state index >= 15 is 0 Å². The van der Waals surface area contributed by atoms with Crippen LogP contribution in [0.4, 0.5) is 5.00 Å². The van der Waals surface area contributed by atoms with E-state index < -0.39 is 17.4 Å². The van der Waals surface area contributed by atoms with Gasteiger partial charge in [-0.15, -0.1) is 17.9 Å². The highest BCUT2D eigenvalue weighted by molar-refractivity contribution is 7.18. The molecule has 0 saturated carbocycles. The van der Waals surface area contributed by atoms with Crippen molar-refractivity contribution in [1.82, 2.24) is 5.32 Å². The van der Waals surface area contributed by atoms with E-state index in [1.54, 1.807) is 12.1 Å². The van der Waals surface area contributed by atoms with Crippen LogP contribution in [0.5, 0.6) is 0 Å². The Morgan fingerprint density at radius 3 is 2.80 bits per heavy atom. The van der Waals surface area contributed by atoms with Crippen LogP contribution in [0, 0.1) is 6.92 Å². The van der Waals surface area contributed by atoms with E-state index in [0.29, 0.717) is 23.1 Å². The molecule has 2 unspecified atom stereocenters. The van der Waals surface area contributed by atoms with E-state index in [1.165, 1.54) is 11.3 Å². The molecule has 2 aliphatic rings. The first kappa shape index (κ1) is 20.9. The molecule has 1 aromatic carbocycles. The minimum absolute atomic E-state index is 0.0998. The Morgan fingerprint density at radius 2 is 2.17 bits per heavy atom. The first-order chi connectivity index (χ1) is 14.4. The predicted molar refractivity (Wildman–Crippen MR) is 118 cm³/mol. The minimum Gasteiger partial charge on any atom is -0.479 e. The van der Waals surface area contributed by atoms with Gasteiger partial charge in [0.25, 0.3) is 5.91 Å². The third-order valence-electron chi connectivity index (χ3n) is 5.78. The van der Waals surface area contributed by atoms with Gasteiger partial charge >= 0.3 is 5.97 Å². The van der Waals surface area contributed by atoms with Gasteiger partial charge in [0.05, 0.1) is 23.1 Å². The van der Waals surface area contributed by atoms with E-state index in [-0.39, 0.29) is 12.3 Å². The van der Waals surface area contributed by atoms with E-state index in [1.807, 2.05) is 25.1 Å². The Bertz CT molecular complexity index is 1010. The van der Waals surface area contributed by atoms with Crippen molar-refractivity contribution >= 4 is 39.8 Å². The number of hydrogen-bond acceptors (Lipinski definition) is 5. The Kier molecular flexibility index (Phi) is 5.61. The lowest BCUT2D eigenvalue weighted by Crippen LogP contribution is -2.61. The van der Waals surface area contributed by atoms with Crippen LogP contribution in [-0.2, 0) is 9.53 Å². The lowest BCUT2D eigenvalue weighted by molar-refractivity contribution is -0.145. The maximum Gasteiger partial charge on any atom is 0.330 e. The summed E-state index contributed by atoms with van der Waals surface area (Å²) in [5.41, 5.74) is 0.870. The molecule has 2 aliphatic heterocycles. The molecule has 1 aromatic heterocycles. The molecule has 0 bridgehead atoms. The molecule has 4 rings (SSSR count). The highest BCUT2D eigenvalue weighted by atomic mass is 35.5. The summed E-state index contributed by atoms with van der Waals surface area (Å²) in [6.07, 6.45) is 1.65. The molecule has 2 atom stereocenters. The van der Waals surface area contributed by atoms with Crippen LogP contribution in [-0.4, -0.2) is 48.8 Å². The quantitative estimate of drug-likeness (QED) is 0.682. The number of amides is 1. The molecule has 6 nitrogen and oxygen atoms in total. The van der Waals surface area contributed by atoms with Gasteiger partial charge in [-0.3, -0.25) is 4.79 Å². The highest BCUT2D eigenvalue weighted by Gasteiger charge is 2.53. The Morgan fingerprint density at radius 1 is 1.43 bits per heavy atom. The second-order valence-electron chi connectivity index (χ2n) is 7.63. The number of morpholine rings is 1. The monoisotopic (exact) mass is 446 g/mol. The number of aliphatic carboxylic acids is 1. The van der Waals surface area contributed by atoms with Gasteiger partial charge in [0.15, 0.2) is 5.54 Å². The summed E-state index contributed by atoms with van der Waals surface area (Å²) in [5.74, 6) is -2.01. The van der Waals surface area contributed by atoms with Crippen LogP contribution < -0.4 is 10.2 Å². The third kappa shape index (κ3) is 3.41. The molecule has 1 saturated heterocycles. The number of rotatable bonds is 5. The molecule has 2 N–H and O–H groups in total. The molecule has 30 heavy (non-hydrogen) atoms. The van der Waals surface area contributed by atoms with Gasteiger partial charge < -0.3 is 20.1 Å². The lowest BCUT2D eigenvalue weighted by atomic mass is 9.70. The number of carboxylic acid groups (broad SMARTS) is 1. The van der Waals surface area contributed by atoms with Gasteiger partial charge in [-0.05, 0) is 42.2 Å². The van der Waals surface area contributed by atoms with Crippen LogP contribution in [0.25, 0.3) is 0 Å². The molecule has 158 valence electrons. The fourth-order valence-corrected chi connectivity index (χ4v) is 5.55. The number of thiophene rings is 1. The maximum absolute atomic E-state index is 13.0. The molecule has 1 amide bonds. The number of carbonyl (C=O) groups is 2. The van der Waals surface area contributed by atoms with Crippen molar-refractivity contribution < 1.29 is 19.4 Å². The van der Waals surface area contributed by atoms with E-state index in [0.717, 1.165) is 34.8 Å². The summed E-state index contributed by atoms with van der Waals surface area (Å²) in [6.45, 7) is 8.37. The van der Waals surface area contributed by atoms with Crippen LogP contribution in [0.3, 0.4) is 0 Å². The number of hydrogen-bond donors (Lipinski definition) is 2. The average molecular weight is 447 g/mol. The fraction of sp³-hybridized carbons (Fsp3) is 0.364. The number of anilines is 1. The minimum atomic E-state index is -1.52. The largest absolute Gasteiger partial charge is 0.479 e. The lowest BCUT2D eigenvalue weighted by Gasteiger charge is -2.41. The number of carboxylic acids is 1. The number of ether oxygens (including phenoxy) is 1. The first-order valence-electron chi connectivity index (χ1n) is 9.76. The molecular formula is C22H23ClN2O4S. The second-order valence-corrected chi connectivity index (χ2v) is 9.07. The molecule has 2 aromatic rings. The normalized spacial score (nSPS) is 23.6. The number of fused-ring (bicyclic) bond motifs is 1. The number of carbonyl (C=O) groups excluding carboxylic acids is 1. The van der Waals surface area contributed by atoms with Gasteiger partial charge in [0.2, 0.25) is 0 Å². The number of aryl methyl sites for hydroxylation is 1. The zero-order valence-electron chi connectivity index (χ0n) is 16.6. The molecule has 3 heterocycles. The SMILES string of the molecule is C=CCC1(C(=O)O)NC(=O)c2sc(N3CCOCC3)cc2C1c1ccc(Cl)c(C)c1. The van der Waals surface area contributed by atoms with E-state index in [9.17, 15) is 14.7 Å². The second kappa shape index (κ2) is 8.06. The smallest absolute Gasteiger partial charge is 0.330 e. The van der Waals surface area contributed by atoms with Crippen LogP contribution >= 0.6 is 22.9 Å². The molecule has 0 radical (unpaired) electrons. The van der Waals surface area contributed by atoms with Gasteiger partial charge in [-0.25, -0.2) is 4.79 Å². The Labute approximate surface area is 184 Å². The Hall–Kier alpha value is -2.35. The third-order valence-corrected chi connectivity index (χ3v) is 7.41. The van der Waals surface area contributed by atoms with Gasteiger partial charge in [0, 0.05) is 24.0 Å². The van der Waals surface area contributed by atoms with Crippen molar-refractivity contribution in [1.29, 1.82) is 0 Å². The topological polar surface area (TPSA) is 78.9 Å².